The molecule has 0 saturated heterocycles. The zero-order chi connectivity index (χ0) is 12.5. The molecule has 0 aliphatic carbocycles. The van der Waals surface area contributed by atoms with Crippen LogP contribution in [-0.2, 0) is 0 Å². The average molecular weight is 250 g/mol. The van der Waals surface area contributed by atoms with Crippen molar-refractivity contribution in [2.24, 2.45) is 0 Å². The number of hydrogen-bond acceptors (Lipinski definition) is 2. The molecular formula is C15H22OS. The lowest BCUT2D eigenvalue weighted by Crippen LogP contribution is -1.95. The van der Waals surface area contributed by atoms with Crippen molar-refractivity contribution >= 4 is 17.5 Å². The van der Waals surface area contributed by atoms with Crippen LogP contribution in [0.1, 0.15) is 56.3 Å². The summed E-state index contributed by atoms with van der Waals surface area (Å²) < 4.78 is 0. The molecule has 94 valence electrons. The molecule has 0 bridgehead atoms. The van der Waals surface area contributed by atoms with E-state index in [9.17, 15) is 4.79 Å². The molecule has 0 fully saturated rings. The fourth-order valence-electron chi connectivity index (χ4n) is 1.66. The summed E-state index contributed by atoms with van der Waals surface area (Å²) in [6.07, 6.45) is 5.83. The molecule has 1 nitrogen and oxygen atoms in total. The molecule has 0 aliphatic heterocycles. The van der Waals surface area contributed by atoms with Gasteiger partial charge in [0.05, 0.1) is 0 Å². The van der Waals surface area contributed by atoms with Crippen LogP contribution in [0.3, 0.4) is 0 Å². The van der Waals surface area contributed by atoms with Gasteiger partial charge in [0.15, 0.2) is 5.78 Å². The number of thioether (sulfide) groups is 1. The third kappa shape index (κ3) is 5.40. The Balaban J connectivity index is 2.33. The van der Waals surface area contributed by atoms with Crippen molar-refractivity contribution in [1.29, 1.82) is 0 Å². The van der Waals surface area contributed by atoms with E-state index in [-0.39, 0.29) is 5.78 Å². The van der Waals surface area contributed by atoms with Gasteiger partial charge in [-0.05, 0) is 24.3 Å². The Labute approximate surface area is 109 Å². The van der Waals surface area contributed by atoms with Crippen molar-refractivity contribution in [2.75, 3.05) is 5.75 Å². The highest BCUT2D eigenvalue weighted by atomic mass is 32.2. The van der Waals surface area contributed by atoms with Crippen LogP contribution in [0.5, 0.6) is 0 Å². The number of Topliss-reactive ketones (excluding diaryl/α,β-unsaturated/α-hetero) is 1. The van der Waals surface area contributed by atoms with Gasteiger partial charge in [0.1, 0.15) is 0 Å². The highest BCUT2D eigenvalue weighted by Gasteiger charge is 2.02. The second-order valence-electron chi connectivity index (χ2n) is 4.21. The van der Waals surface area contributed by atoms with E-state index in [1.807, 2.05) is 30.8 Å². The predicted molar refractivity (Wildman–Crippen MR) is 75.9 cm³/mol. The molecule has 0 unspecified atom stereocenters. The summed E-state index contributed by atoms with van der Waals surface area (Å²) >= 11 is 1.89. The normalized spacial score (nSPS) is 10.5. The second kappa shape index (κ2) is 8.35. The molecule has 0 aliphatic rings. The Kier molecular flexibility index (Phi) is 7.02. The van der Waals surface area contributed by atoms with E-state index in [1.165, 1.54) is 36.3 Å². The summed E-state index contributed by atoms with van der Waals surface area (Å²) in [4.78, 5) is 12.7. The monoisotopic (exact) mass is 250 g/mol. The van der Waals surface area contributed by atoms with Crippen molar-refractivity contribution in [3.63, 3.8) is 0 Å². The first-order chi connectivity index (χ1) is 8.27. The van der Waals surface area contributed by atoms with Gasteiger partial charge >= 0.3 is 0 Å². The molecule has 0 atom stereocenters. The molecule has 0 amide bonds. The number of hydrogen-bond donors (Lipinski definition) is 0. The summed E-state index contributed by atoms with van der Waals surface area (Å²) in [6.45, 7) is 4.13. The standard InChI is InChI=1S/C15H22OS/c1-3-5-6-7-12-17-14-10-8-13(9-11-14)15(16)4-2/h8-11H,3-7,12H2,1-2H3. The van der Waals surface area contributed by atoms with Crippen molar-refractivity contribution in [1.82, 2.24) is 0 Å². The topological polar surface area (TPSA) is 17.1 Å². The number of ketones is 1. The largest absolute Gasteiger partial charge is 0.294 e. The summed E-state index contributed by atoms with van der Waals surface area (Å²) in [6, 6.07) is 8.02. The summed E-state index contributed by atoms with van der Waals surface area (Å²) in [7, 11) is 0. The van der Waals surface area contributed by atoms with Crippen molar-refractivity contribution < 1.29 is 4.79 Å². The lowest BCUT2D eigenvalue weighted by atomic mass is 10.1. The molecule has 2 heteroatoms. The maximum absolute atomic E-state index is 11.5. The van der Waals surface area contributed by atoms with Gasteiger partial charge in [0.2, 0.25) is 0 Å². The minimum absolute atomic E-state index is 0.226. The molecular weight excluding hydrogens is 228 g/mol. The van der Waals surface area contributed by atoms with Crippen molar-refractivity contribution in [3.05, 3.63) is 29.8 Å². The van der Waals surface area contributed by atoms with E-state index in [0.29, 0.717) is 6.42 Å². The smallest absolute Gasteiger partial charge is 0.162 e. The second-order valence-corrected chi connectivity index (χ2v) is 5.38. The zero-order valence-electron chi connectivity index (χ0n) is 10.9. The first-order valence-electron chi connectivity index (χ1n) is 6.54. The predicted octanol–water partition coefficient (Wildman–Crippen LogP) is 4.95. The molecule has 1 aromatic carbocycles. The number of unbranched alkanes of at least 4 members (excludes halogenated alkanes) is 3. The van der Waals surface area contributed by atoms with Gasteiger partial charge in [0.25, 0.3) is 0 Å². The van der Waals surface area contributed by atoms with Crippen LogP contribution in [0.25, 0.3) is 0 Å². The lowest BCUT2D eigenvalue weighted by molar-refractivity contribution is 0.0988. The third-order valence-electron chi connectivity index (χ3n) is 2.76. The molecule has 1 aromatic rings. The molecule has 0 spiro atoms. The van der Waals surface area contributed by atoms with E-state index < -0.39 is 0 Å². The Morgan fingerprint density at radius 1 is 1.06 bits per heavy atom. The van der Waals surface area contributed by atoms with Gasteiger partial charge in [-0.2, -0.15) is 0 Å². The van der Waals surface area contributed by atoms with E-state index in [0.717, 1.165) is 5.56 Å². The van der Waals surface area contributed by atoms with Crippen molar-refractivity contribution in [3.8, 4) is 0 Å². The SMILES string of the molecule is CCCCCCSc1ccc(C(=O)CC)cc1. The van der Waals surface area contributed by atoms with E-state index in [4.69, 9.17) is 0 Å². The number of carbonyl (C=O) groups excluding carboxylic acids is 1. The molecule has 0 radical (unpaired) electrons. The maximum atomic E-state index is 11.5. The van der Waals surface area contributed by atoms with E-state index in [1.54, 1.807) is 0 Å². The van der Waals surface area contributed by atoms with Gasteiger partial charge in [-0.25, -0.2) is 0 Å². The van der Waals surface area contributed by atoms with Crippen LogP contribution >= 0.6 is 11.8 Å². The molecule has 1 rings (SSSR count). The highest BCUT2D eigenvalue weighted by molar-refractivity contribution is 7.99. The number of benzene rings is 1. The molecule has 0 N–H and O–H groups in total. The van der Waals surface area contributed by atoms with Gasteiger partial charge in [-0.15, -0.1) is 11.8 Å². The van der Waals surface area contributed by atoms with E-state index in [2.05, 4.69) is 19.1 Å². The van der Waals surface area contributed by atoms with Crippen LogP contribution in [-0.4, -0.2) is 11.5 Å². The van der Waals surface area contributed by atoms with Crippen LogP contribution in [0.4, 0.5) is 0 Å². The fraction of sp³-hybridized carbons (Fsp3) is 0.533. The van der Waals surface area contributed by atoms with Gasteiger partial charge < -0.3 is 0 Å². The van der Waals surface area contributed by atoms with Crippen LogP contribution in [0.15, 0.2) is 29.2 Å². The first-order valence-corrected chi connectivity index (χ1v) is 7.52. The van der Waals surface area contributed by atoms with Crippen LogP contribution in [0.2, 0.25) is 0 Å². The Bertz CT molecular complexity index is 329. The Morgan fingerprint density at radius 3 is 2.35 bits per heavy atom. The first kappa shape index (κ1) is 14.3. The van der Waals surface area contributed by atoms with Crippen LogP contribution in [0, 0.1) is 0 Å². The minimum Gasteiger partial charge on any atom is -0.294 e. The van der Waals surface area contributed by atoms with Gasteiger partial charge in [0, 0.05) is 16.9 Å². The van der Waals surface area contributed by atoms with Gasteiger partial charge in [-0.3, -0.25) is 4.79 Å². The number of rotatable bonds is 8. The van der Waals surface area contributed by atoms with Crippen LogP contribution < -0.4 is 0 Å². The molecule has 17 heavy (non-hydrogen) atoms. The molecule has 0 heterocycles. The van der Waals surface area contributed by atoms with E-state index >= 15 is 0 Å². The molecule has 0 saturated carbocycles. The fourth-order valence-corrected chi connectivity index (χ4v) is 2.57. The summed E-state index contributed by atoms with van der Waals surface area (Å²) in [5.74, 6) is 1.41. The maximum Gasteiger partial charge on any atom is 0.162 e. The Hall–Kier alpha value is -0.760. The summed E-state index contributed by atoms with van der Waals surface area (Å²) in [5.41, 5.74) is 0.836. The zero-order valence-corrected chi connectivity index (χ0v) is 11.7. The molecule has 0 aromatic heterocycles. The minimum atomic E-state index is 0.226. The lowest BCUT2D eigenvalue weighted by Gasteiger charge is -2.03. The quantitative estimate of drug-likeness (QED) is 0.369. The summed E-state index contributed by atoms with van der Waals surface area (Å²) in [5, 5.41) is 0. The van der Waals surface area contributed by atoms with Crippen molar-refractivity contribution in [2.45, 2.75) is 50.8 Å². The third-order valence-corrected chi connectivity index (χ3v) is 3.86. The number of carbonyl (C=O) groups is 1. The highest BCUT2D eigenvalue weighted by Crippen LogP contribution is 2.20. The average Bonchev–Trinajstić information content (AvgIpc) is 2.38. The Morgan fingerprint density at radius 2 is 1.76 bits per heavy atom. The van der Waals surface area contributed by atoms with Gasteiger partial charge in [-0.1, -0.05) is 45.2 Å².